The highest BCUT2D eigenvalue weighted by atomic mass is 16.1. The van der Waals surface area contributed by atoms with E-state index in [0.717, 1.165) is 24.2 Å². The van der Waals surface area contributed by atoms with Gasteiger partial charge in [0.05, 0.1) is 10.9 Å². The van der Waals surface area contributed by atoms with E-state index in [1.165, 1.54) is 70.6 Å². The van der Waals surface area contributed by atoms with Crippen LogP contribution in [0.4, 0.5) is 0 Å². The molecule has 0 atom stereocenters. The van der Waals surface area contributed by atoms with Gasteiger partial charge in [-0.2, -0.15) is 0 Å². The van der Waals surface area contributed by atoms with Crippen LogP contribution in [0.25, 0.3) is 10.9 Å². The van der Waals surface area contributed by atoms with Crippen LogP contribution < -0.4 is 5.56 Å². The van der Waals surface area contributed by atoms with Gasteiger partial charge in [-0.3, -0.25) is 4.79 Å². The zero-order chi connectivity index (χ0) is 17.8. The van der Waals surface area contributed by atoms with Crippen LogP contribution in [0.5, 0.6) is 0 Å². The fourth-order valence-electron chi connectivity index (χ4n) is 4.79. The Morgan fingerprint density at radius 2 is 1.46 bits per heavy atom. The van der Waals surface area contributed by atoms with Crippen molar-refractivity contribution in [2.75, 3.05) is 0 Å². The molecule has 2 aromatic rings. The molecule has 0 aliphatic heterocycles. The predicted molar refractivity (Wildman–Crippen MR) is 106 cm³/mol. The van der Waals surface area contributed by atoms with E-state index in [4.69, 9.17) is 4.98 Å². The molecule has 2 heterocycles. The average molecular weight is 354 g/mol. The van der Waals surface area contributed by atoms with Crippen LogP contribution in [0.2, 0.25) is 0 Å². The third-order valence-electron chi connectivity index (χ3n) is 6.38. The summed E-state index contributed by atoms with van der Waals surface area (Å²) in [6.45, 7) is 0. The molecule has 0 amide bonds. The summed E-state index contributed by atoms with van der Waals surface area (Å²) < 4.78 is 1.95. The van der Waals surface area contributed by atoms with Gasteiger partial charge in [-0.05, 0) is 31.7 Å². The van der Waals surface area contributed by atoms with Gasteiger partial charge >= 0.3 is 0 Å². The quantitative estimate of drug-likeness (QED) is 0.668. The Morgan fingerprint density at radius 3 is 2.15 bits per heavy atom. The number of aromatic nitrogens is 3. The van der Waals surface area contributed by atoms with Crippen molar-refractivity contribution in [2.45, 2.75) is 95.4 Å². The number of hydrogen-bond donors (Lipinski definition) is 0. The summed E-state index contributed by atoms with van der Waals surface area (Å²) in [6, 6.07) is 2.38. The first-order valence-electron chi connectivity index (χ1n) is 10.7. The summed E-state index contributed by atoms with van der Waals surface area (Å²) in [5.74, 6) is 1.41. The van der Waals surface area contributed by atoms with Gasteiger partial charge in [-0.15, -0.1) is 0 Å². The number of hydrogen-bond acceptors (Lipinski definition) is 3. The fraction of sp³-hybridized carbons (Fsp3) is 0.682. The Hall–Kier alpha value is -1.71. The topological polar surface area (TPSA) is 47.8 Å². The Bertz CT molecular complexity index is 782. The van der Waals surface area contributed by atoms with Crippen LogP contribution in [-0.4, -0.2) is 14.5 Å². The molecule has 4 rings (SSSR count). The van der Waals surface area contributed by atoms with Gasteiger partial charge in [-0.25, -0.2) is 9.97 Å². The van der Waals surface area contributed by atoms with Crippen molar-refractivity contribution in [1.82, 2.24) is 14.5 Å². The molecule has 0 unspecified atom stereocenters. The van der Waals surface area contributed by atoms with E-state index in [9.17, 15) is 4.79 Å². The number of pyridine rings is 1. The highest BCUT2D eigenvalue weighted by Gasteiger charge is 2.19. The zero-order valence-electron chi connectivity index (χ0n) is 15.8. The molecule has 0 radical (unpaired) electrons. The van der Waals surface area contributed by atoms with E-state index >= 15 is 0 Å². The van der Waals surface area contributed by atoms with E-state index in [0.29, 0.717) is 17.3 Å². The fourth-order valence-corrected chi connectivity index (χ4v) is 4.79. The molecule has 0 saturated heterocycles. The minimum Gasteiger partial charge on any atom is -0.312 e. The van der Waals surface area contributed by atoms with Gasteiger partial charge in [0.2, 0.25) is 0 Å². The van der Waals surface area contributed by atoms with Gasteiger partial charge in [0, 0.05) is 24.4 Å². The third-order valence-corrected chi connectivity index (χ3v) is 6.38. The summed E-state index contributed by atoms with van der Waals surface area (Å²) in [4.78, 5) is 22.5. The molecule has 2 saturated carbocycles. The van der Waals surface area contributed by atoms with Crippen LogP contribution in [-0.2, 0) is 0 Å². The maximum Gasteiger partial charge on any atom is 0.261 e. The first kappa shape index (κ1) is 17.7. The van der Waals surface area contributed by atoms with Crippen LogP contribution in [0.3, 0.4) is 0 Å². The van der Waals surface area contributed by atoms with E-state index in [2.05, 4.69) is 4.98 Å². The van der Waals surface area contributed by atoms with Crippen LogP contribution in [0.1, 0.15) is 101 Å². The maximum atomic E-state index is 13.0. The van der Waals surface area contributed by atoms with E-state index in [1.807, 2.05) is 16.8 Å². The first-order chi connectivity index (χ1) is 12.8. The Labute approximate surface area is 156 Å². The highest BCUT2D eigenvalue weighted by Crippen LogP contribution is 2.30. The molecule has 2 aliphatic rings. The SMILES string of the molecule is O=c1c2cnc(C3CCCCCCC3)nc2ccn1C1CCCCCC1. The van der Waals surface area contributed by atoms with E-state index in [1.54, 1.807) is 6.20 Å². The minimum absolute atomic E-state index is 0.0959. The molecular formula is C22H31N3O. The van der Waals surface area contributed by atoms with Crippen molar-refractivity contribution in [1.29, 1.82) is 0 Å². The number of nitrogens with zero attached hydrogens (tertiary/aromatic N) is 3. The maximum absolute atomic E-state index is 13.0. The second kappa shape index (κ2) is 8.32. The normalized spacial score (nSPS) is 21.2. The van der Waals surface area contributed by atoms with Crippen LogP contribution >= 0.6 is 0 Å². The smallest absolute Gasteiger partial charge is 0.261 e. The number of fused-ring (bicyclic) bond motifs is 1. The molecule has 4 heteroatoms. The Kier molecular flexibility index (Phi) is 5.66. The summed E-state index contributed by atoms with van der Waals surface area (Å²) in [6.07, 6.45) is 20.0. The standard InChI is InChI=1S/C22H31N3O/c26-22-19-16-23-21(17-10-6-2-1-3-7-11-17)24-20(19)14-15-25(22)18-12-8-4-5-9-13-18/h14-18H,1-13H2. The second-order valence-corrected chi connectivity index (χ2v) is 8.24. The Balaban J connectivity index is 1.62. The second-order valence-electron chi connectivity index (χ2n) is 8.24. The lowest BCUT2D eigenvalue weighted by molar-refractivity contribution is 0.433. The van der Waals surface area contributed by atoms with Gasteiger partial charge < -0.3 is 4.57 Å². The highest BCUT2D eigenvalue weighted by molar-refractivity contribution is 5.76. The summed E-state index contributed by atoms with van der Waals surface area (Å²) in [5.41, 5.74) is 0.922. The van der Waals surface area contributed by atoms with Crippen molar-refractivity contribution >= 4 is 10.9 Å². The van der Waals surface area contributed by atoms with Crippen molar-refractivity contribution < 1.29 is 0 Å². The molecule has 2 aromatic heterocycles. The molecule has 26 heavy (non-hydrogen) atoms. The third kappa shape index (κ3) is 3.84. The van der Waals surface area contributed by atoms with E-state index < -0.39 is 0 Å². The lowest BCUT2D eigenvalue weighted by Gasteiger charge is -2.20. The lowest BCUT2D eigenvalue weighted by atomic mass is 9.90. The molecule has 2 fully saturated rings. The Morgan fingerprint density at radius 1 is 0.846 bits per heavy atom. The molecular weight excluding hydrogens is 322 g/mol. The molecule has 0 aromatic carbocycles. The van der Waals surface area contributed by atoms with Crippen molar-refractivity contribution in [3.8, 4) is 0 Å². The summed E-state index contributed by atoms with van der Waals surface area (Å²) in [7, 11) is 0. The molecule has 0 spiro atoms. The average Bonchev–Trinajstić information content (AvgIpc) is 2.91. The van der Waals surface area contributed by atoms with Gasteiger partial charge in [0.15, 0.2) is 0 Å². The molecule has 140 valence electrons. The van der Waals surface area contributed by atoms with E-state index in [-0.39, 0.29) is 5.56 Å². The minimum atomic E-state index is 0.0959. The van der Waals surface area contributed by atoms with Crippen molar-refractivity contribution in [3.63, 3.8) is 0 Å². The van der Waals surface area contributed by atoms with Crippen molar-refractivity contribution in [2.24, 2.45) is 0 Å². The molecule has 0 bridgehead atoms. The molecule has 0 N–H and O–H groups in total. The molecule has 4 nitrogen and oxygen atoms in total. The lowest BCUT2D eigenvalue weighted by Crippen LogP contribution is -2.24. The van der Waals surface area contributed by atoms with Gasteiger partial charge in [0.1, 0.15) is 5.82 Å². The first-order valence-corrected chi connectivity index (χ1v) is 10.7. The largest absolute Gasteiger partial charge is 0.312 e. The summed E-state index contributed by atoms with van der Waals surface area (Å²) >= 11 is 0. The van der Waals surface area contributed by atoms with Crippen molar-refractivity contribution in [3.05, 3.63) is 34.6 Å². The predicted octanol–water partition coefficient (Wildman–Crippen LogP) is 5.51. The zero-order valence-corrected chi connectivity index (χ0v) is 15.8. The monoisotopic (exact) mass is 353 g/mol. The van der Waals surface area contributed by atoms with Gasteiger partial charge in [0.25, 0.3) is 5.56 Å². The summed E-state index contributed by atoms with van der Waals surface area (Å²) in [5, 5.41) is 0.686. The van der Waals surface area contributed by atoms with Gasteiger partial charge in [-0.1, -0.05) is 57.8 Å². The van der Waals surface area contributed by atoms with Crippen LogP contribution in [0, 0.1) is 0 Å². The van der Waals surface area contributed by atoms with Crippen LogP contribution in [0.15, 0.2) is 23.3 Å². The molecule has 2 aliphatic carbocycles. The number of rotatable bonds is 2.